The summed E-state index contributed by atoms with van der Waals surface area (Å²) in [5, 5.41) is 0.892. The average Bonchev–Trinajstić information content (AvgIpc) is 2.40. The molecule has 1 fully saturated rings. The minimum atomic E-state index is -0.0316. The van der Waals surface area contributed by atoms with Crippen LogP contribution in [0.1, 0.15) is 30.1 Å². The number of piperidine rings is 1. The maximum absolute atomic E-state index is 12.3. The van der Waals surface area contributed by atoms with Crippen molar-refractivity contribution >= 4 is 34.8 Å². The molecule has 0 spiro atoms. The summed E-state index contributed by atoms with van der Waals surface area (Å²) in [5.41, 5.74) is 0.487. The highest BCUT2D eigenvalue weighted by Crippen LogP contribution is 2.22. The van der Waals surface area contributed by atoms with Crippen molar-refractivity contribution in [1.29, 1.82) is 0 Å². The van der Waals surface area contributed by atoms with Gasteiger partial charge in [0.05, 0.1) is 11.6 Å². The SMILES string of the molecule is CCC1CN(CC(=O)c2ccc(Cl)cc2Cl)CCC1=O. The molecule has 3 nitrogen and oxygen atoms in total. The predicted octanol–water partition coefficient (Wildman–Crippen LogP) is 3.48. The van der Waals surface area contributed by atoms with Crippen LogP contribution in [0, 0.1) is 5.92 Å². The molecule has 20 heavy (non-hydrogen) atoms. The van der Waals surface area contributed by atoms with E-state index < -0.39 is 0 Å². The van der Waals surface area contributed by atoms with Gasteiger partial charge in [-0.25, -0.2) is 0 Å². The average molecular weight is 314 g/mol. The first-order valence-electron chi connectivity index (χ1n) is 6.74. The normalized spacial score (nSPS) is 20.1. The zero-order valence-electron chi connectivity index (χ0n) is 11.4. The van der Waals surface area contributed by atoms with Crippen LogP contribution in [0.15, 0.2) is 18.2 Å². The van der Waals surface area contributed by atoms with Crippen molar-refractivity contribution in [3.05, 3.63) is 33.8 Å². The van der Waals surface area contributed by atoms with E-state index in [-0.39, 0.29) is 11.7 Å². The first-order valence-corrected chi connectivity index (χ1v) is 7.50. The van der Waals surface area contributed by atoms with Crippen LogP contribution in [0.2, 0.25) is 10.0 Å². The molecule has 0 radical (unpaired) electrons. The summed E-state index contributed by atoms with van der Waals surface area (Å²) in [6.45, 7) is 3.60. The highest BCUT2D eigenvalue weighted by Gasteiger charge is 2.27. The molecular formula is C15H17Cl2NO2. The molecule has 1 heterocycles. The van der Waals surface area contributed by atoms with Gasteiger partial charge in [-0.15, -0.1) is 0 Å². The topological polar surface area (TPSA) is 37.4 Å². The first-order chi connectivity index (χ1) is 9.51. The number of halogens is 2. The van der Waals surface area contributed by atoms with E-state index in [0.717, 1.165) is 6.42 Å². The Labute approximate surface area is 128 Å². The van der Waals surface area contributed by atoms with Gasteiger partial charge >= 0.3 is 0 Å². The van der Waals surface area contributed by atoms with E-state index in [1.54, 1.807) is 18.2 Å². The van der Waals surface area contributed by atoms with Gasteiger partial charge in [-0.1, -0.05) is 30.1 Å². The maximum atomic E-state index is 12.3. The Bertz CT molecular complexity index is 531. The van der Waals surface area contributed by atoms with E-state index >= 15 is 0 Å². The van der Waals surface area contributed by atoms with Gasteiger partial charge < -0.3 is 0 Å². The second kappa shape index (κ2) is 6.70. The van der Waals surface area contributed by atoms with Crippen molar-refractivity contribution in [3.8, 4) is 0 Å². The molecule has 1 aliphatic heterocycles. The lowest BCUT2D eigenvalue weighted by atomic mass is 9.94. The highest BCUT2D eigenvalue weighted by atomic mass is 35.5. The fourth-order valence-electron chi connectivity index (χ4n) is 2.48. The van der Waals surface area contributed by atoms with Crippen LogP contribution in [0.4, 0.5) is 0 Å². The molecule has 0 N–H and O–H groups in total. The molecule has 1 saturated heterocycles. The number of carbonyl (C=O) groups excluding carboxylic acids is 2. The minimum absolute atomic E-state index is 0.0316. The van der Waals surface area contributed by atoms with E-state index in [2.05, 4.69) is 0 Å². The molecule has 2 rings (SSSR count). The van der Waals surface area contributed by atoms with Gasteiger partial charge in [0.2, 0.25) is 0 Å². The molecule has 1 unspecified atom stereocenters. The summed E-state index contributed by atoms with van der Waals surface area (Å²) in [5.74, 6) is 0.328. The molecule has 1 aliphatic rings. The smallest absolute Gasteiger partial charge is 0.178 e. The molecule has 0 saturated carbocycles. The van der Waals surface area contributed by atoms with Gasteiger partial charge in [-0.2, -0.15) is 0 Å². The lowest BCUT2D eigenvalue weighted by Gasteiger charge is -2.30. The van der Waals surface area contributed by atoms with Crippen molar-refractivity contribution in [2.75, 3.05) is 19.6 Å². The number of Topliss-reactive ketones (excluding diaryl/α,β-unsaturated/α-hetero) is 2. The van der Waals surface area contributed by atoms with Crippen molar-refractivity contribution in [1.82, 2.24) is 4.90 Å². The van der Waals surface area contributed by atoms with Gasteiger partial charge in [0.25, 0.3) is 0 Å². The van der Waals surface area contributed by atoms with Crippen molar-refractivity contribution in [2.24, 2.45) is 5.92 Å². The number of benzene rings is 1. The van der Waals surface area contributed by atoms with Crippen molar-refractivity contribution in [3.63, 3.8) is 0 Å². The first kappa shape index (κ1) is 15.5. The maximum Gasteiger partial charge on any atom is 0.178 e. The van der Waals surface area contributed by atoms with Crippen LogP contribution < -0.4 is 0 Å². The van der Waals surface area contributed by atoms with E-state index in [9.17, 15) is 9.59 Å². The molecule has 0 amide bonds. The Balaban J connectivity index is 2.03. The number of likely N-dealkylation sites (tertiary alicyclic amines) is 1. The largest absolute Gasteiger partial charge is 0.299 e. The van der Waals surface area contributed by atoms with Crippen molar-refractivity contribution < 1.29 is 9.59 Å². The van der Waals surface area contributed by atoms with E-state index in [4.69, 9.17) is 23.2 Å². The molecule has 1 aromatic carbocycles. The number of ketones is 2. The number of carbonyl (C=O) groups is 2. The molecule has 1 atom stereocenters. The molecule has 1 aromatic rings. The fourth-order valence-corrected chi connectivity index (χ4v) is 3.00. The Morgan fingerprint density at radius 3 is 2.80 bits per heavy atom. The van der Waals surface area contributed by atoms with Crippen LogP contribution >= 0.6 is 23.2 Å². The summed E-state index contributed by atoms with van der Waals surface area (Å²) in [7, 11) is 0. The second-order valence-electron chi connectivity index (χ2n) is 5.10. The Kier molecular flexibility index (Phi) is 5.19. The van der Waals surface area contributed by atoms with Crippen molar-refractivity contribution in [2.45, 2.75) is 19.8 Å². The molecule has 0 aromatic heterocycles. The van der Waals surface area contributed by atoms with Crippen LogP contribution in [0.3, 0.4) is 0 Å². The molecular weight excluding hydrogens is 297 g/mol. The lowest BCUT2D eigenvalue weighted by Crippen LogP contribution is -2.43. The minimum Gasteiger partial charge on any atom is -0.299 e. The monoisotopic (exact) mass is 313 g/mol. The number of hydrogen-bond acceptors (Lipinski definition) is 3. The van der Waals surface area contributed by atoms with Gasteiger partial charge in [-0.05, 0) is 24.6 Å². The zero-order chi connectivity index (χ0) is 14.7. The third kappa shape index (κ3) is 3.60. The van der Waals surface area contributed by atoms with Crippen LogP contribution in [0.25, 0.3) is 0 Å². The Hall–Kier alpha value is -0.900. The standard InChI is InChI=1S/C15H17Cl2NO2/c1-2-10-8-18(6-5-14(10)19)9-15(20)12-4-3-11(16)7-13(12)17/h3-4,7,10H,2,5-6,8-9H2,1H3. The van der Waals surface area contributed by atoms with Gasteiger partial charge in [0.1, 0.15) is 5.78 Å². The molecule has 108 valence electrons. The Morgan fingerprint density at radius 1 is 1.40 bits per heavy atom. The summed E-state index contributed by atoms with van der Waals surface area (Å²) >= 11 is 11.9. The predicted molar refractivity (Wildman–Crippen MR) is 80.6 cm³/mol. The van der Waals surface area contributed by atoms with E-state index in [1.165, 1.54) is 0 Å². The zero-order valence-corrected chi connectivity index (χ0v) is 12.9. The molecule has 0 aliphatic carbocycles. The number of rotatable bonds is 4. The Morgan fingerprint density at radius 2 is 2.15 bits per heavy atom. The fraction of sp³-hybridized carbons (Fsp3) is 0.467. The van der Waals surface area contributed by atoms with E-state index in [0.29, 0.717) is 47.4 Å². The lowest BCUT2D eigenvalue weighted by molar-refractivity contribution is -0.126. The summed E-state index contributed by atoms with van der Waals surface area (Å²) in [6, 6.07) is 4.89. The molecule has 5 heteroatoms. The second-order valence-corrected chi connectivity index (χ2v) is 5.95. The molecule has 0 bridgehead atoms. The summed E-state index contributed by atoms with van der Waals surface area (Å²) in [4.78, 5) is 26.0. The van der Waals surface area contributed by atoms with Gasteiger partial charge in [-0.3, -0.25) is 14.5 Å². The number of nitrogens with zero attached hydrogens (tertiary/aromatic N) is 1. The van der Waals surface area contributed by atoms with Crippen LogP contribution in [0.5, 0.6) is 0 Å². The summed E-state index contributed by atoms with van der Waals surface area (Å²) < 4.78 is 0. The summed E-state index contributed by atoms with van der Waals surface area (Å²) in [6.07, 6.45) is 1.35. The van der Waals surface area contributed by atoms with Gasteiger partial charge in [0, 0.05) is 36.0 Å². The third-order valence-electron chi connectivity index (χ3n) is 3.70. The van der Waals surface area contributed by atoms with E-state index in [1.807, 2.05) is 11.8 Å². The van der Waals surface area contributed by atoms with Crippen LogP contribution in [-0.4, -0.2) is 36.1 Å². The highest BCUT2D eigenvalue weighted by molar-refractivity contribution is 6.36. The van der Waals surface area contributed by atoms with Crippen LogP contribution in [-0.2, 0) is 4.79 Å². The van der Waals surface area contributed by atoms with Gasteiger partial charge in [0.15, 0.2) is 5.78 Å². The number of hydrogen-bond donors (Lipinski definition) is 0. The quantitative estimate of drug-likeness (QED) is 0.799. The third-order valence-corrected chi connectivity index (χ3v) is 4.25.